The molecule has 0 bridgehead atoms. The van der Waals surface area contributed by atoms with Crippen molar-refractivity contribution in [1.82, 2.24) is 14.9 Å². The number of nitrogens with zero attached hydrogens (tertiary/aromatic N) is 3. The molecule has 0 saturated heterocycles. The molecular weight excluding hydrogens is 324 g/mol. The maximum Gasteiger partial charge on any atom is 0.274 e. The van der Waals surface area contributed by atoms with Gasteiger partial charge in [0.05, 0.1) is 12.4 Å². The van der Waals surface area contributed by atoms with Crippen LogP contribution in [0.2, 0.25) is 0 Å². The molecule has 0 fully saturated rings. The second-order valence-corrected chi connectivity index (χ2v) is 6.38. The van der Waals surface area contributed by atoms with Crippen molar-refractivity contribution in [3.05, 3.63) is 83.3 Å². The molecule has 0 spiro atoms. The lowest BCUT2D eigenvalue weighted by Gasteiger charge is -2.17. The number of hydrogen-bond acceptors (Lipinski definition) is 4. The minimum Gasteiger partial charge on any atom is -0.339 e. The third kappa shape index (κ3) is 4.25. The van der Waals surface area contributed by atoms with E-state index in [0.29, 0.717) is 18.1 Å². The molecule has 0 unspecified atom stereocenters. The van der Waals surface area contributed by atoms with Gasteiger partial charge in [-0.15, -0.1) is 0 Å². The number of carbonyl (C=O) groups excluding carboxylic acids is 1. The van der Waals surface area contributed by atoms with E-state index < -0.39 is 0 Å². The molecule has 3 aromatic rings. The lowest BCUT2D eigenvalue weighted by molar-refractivity contribution is 0.0779. The van der Waals surface area contributed by atoms with Gasteiger partial charge in [-0.05, 0) is 31.0 Å². The van der Waals surface area contributed by atoms with Crippen LogP contribution in [0.5, 0.6) is 0 Å². The number of amides is 1. The summed E-state index contributed by atoms with van der Waals surface area (Å²) in [6.45, 7) is 4.63. The van der Waals surface area contributed by atoms with Gasteiger partial charge in [-0.1, -0.05) is 48.0 Å². The van der Waals surface area contributed by atoms with E-state index in [1.165, 1.54) is 11.8 Å². The first-order valence-corrected chi connectivity index (χ1v) is 8.48. The molecule has 0 atom stereocenters. The number of benzene rings is 2. The Labute approximate surface area is 153 Å². The normalized spacial score (nSPS) is 10.4. The van der Waals surface area contributed by atoms with Gasteiger partial charge in [-0.25, -0.2) is 9.97 Å². The third-order valence-electron chi connectivity index (χ3n) is 4.12. The van der Waals surface area contributed by atoms with Crippen LogP contribution in [-0.4, -0.2) is 27.8 Å². The van der Waals surface area contributed by atoms with E-state index in [4.69, 9.17) is 0 Å². The van der Waals surface area contributed by atoms with Gasteiger partial charge < -0.3 is 10.2 Å². The van der Waals surface area contributed by atoms with Crippen LogP contribution in [0.15, 0.2) is 60.9 Å². The van der Waals surface area contributed by atoms with Gasteiger partial charge in [-0.3, -0.25) is 4.79 Å². The van der Waals surface area contributed by atoms with Crippen LogP contribution in [0.25, 0.3) is 0 Å². The molecular formula is C21H22N4O. The van der Waals surface area contributed by atoms with Crippen molar-refractivity contribution in [1.29, 1.82) is 0 Å². The Morgan fingerprint density at radius 3 is 2.46 bits per heavy atom. The molecule has 1 N–H and O–H groups in total. The number of nitrogens with one attached hydrogen (secondary N) is 1. The quantitative estimate of drug-likeness (QED) is 0.755. The van der Waals surface area contributed by atoms with Crippen LogP contribution in [0.4, 0.5) is 11.5 Å². The molecule has 1 heterocycles. The summed E-state index contributed by atoms with van der Waals surface area (Å²) in [5.74, 6) is 0.457. The van der Waals surface area contributed by atoms with E-state index in [2.05, 4.69) is 28.3 Å². The van der Waals surface area contributed by atoms with Crippen molar-refractivity contribution in [3.8, 4) is 0 Å². The topological polar surface area (TPSA) is 58.1 Å². The van der Waals surface area contributed by atoms with Crippen molar-refractivity contribution < 1.29 is 4.79 Å². The molecule has 1 aromatic heterocycles. The molecule has 132 valence electrons. The molecule has 3 rings (SSSR count). The standard InChI is InChI=1S/C21H22N4O/c1-15-9-10-18(16(2)11-15)24-20-13-22-19(12-23-20)21(26)25(3)14-17-7-5-4-6-8-17/h4-13H,14H2,1-3H3,(H,23,24). The lowest BCUT2D eigenvalue weighted by atomic mass is 10.1. The Balaban J connectivity index is 1.67. The fourth-order valence-corrected chi connectivity index (χ4v) is 2.72. The summed E-state index contributed by atoms with van der Waals surface area (Å²) in [4.78, 5) is 22.7. The zero-order chi connectivity index (χ0) is 18.5. The largest absolute Gasteiger partial charge is 0.339 e. The van der Waals surface area contributed by atoms with Crippen LogP contribution in [0, 0.1) is 13.8 Å². The van der Waals surface area contributed by atoms with Crippen molar-refractivity contribution >= 4 is 17.4 Å². The molecule has 5 nitrogen and oxygen atoms in total. The first-order valence-electron chi connectivity index (χ1n) is 8.48. The average molecular weight is 346 g/mol. The van der Waals surface area contributed by atoms with Gasteiger partial charge in [0.15, 0.2) is 0 Å². The Bertz CT molecular complexity index is 892. The molecule has 0 aliphatic rings. The van der Waals surface area contributed by atoms with Gasteiger partial charge in [0.25, 0.3) is 5.91 Å². The molecule has 5 heteroatoms. The van der Waals surface area contributed by atoms with Gasteiger partial charge in [-0.2, -0.15) is 0 Å². The Morgan fingerprint density at radius 1 is 1.04 bits per heavy atom. The second-order valence-electron chi connectivity index (χ2n) is 6.38. The number of hydrogen-bond donors (Lipinski definition) is 1. The van der Waals surface area contributed by atoms with Gasteiger partial charge in [0.2, 0.25) is 0 Å². The maximum atomic E-state index is 12.5. The van der Waals surface area contributed by atoms with Gasteiger partial charge in [0, 0.05) is 19.3 Å². The van der Waals surface area contributed by atoms with Crippen LogP contribution < -0.4 is 5.32 Å². The lowest BCUT2D eigenvalue weighted by Crippen LogP contribution is -2.27. The number of rotatable bonds is 5. The SMILES string of the molecule is Cc1ccc(Nc2cnc(C(=O)N(C)Cc3ccccc3)cn2)c(C)c1. The van der Waals surface area contributed by atoms with Crippen LogP contribution in [-0.2, 0) is 6.54 Å². The number of anilines is 2. The highest BCUT2D eigenvalue weighted by Crippen LogP contribution is 2.20. The van der Waals surface area contributed by atoms with E-state index in [0.717, 1.165) is 16.8 Å². The highest BCUT2D eigenvalue weighted by atomic mass is 16.2. The van der Waals surface area contributed by atoms with Crippen molar-refractivity contribution in [2.75, 3.05) is 12.4 Å². The molecule has 0 saturated carbocycles. The third-order valence-corrected chi connectivity index (χ3v) is 4.12. The molecule has 1 amide bonds. The highest BCUT2D eigenvalue weighted by Gasteiger charge is 2.14. The zero-order valence-electron chi connectivity index (χ0n) is 15.2. The fourth-order valence-electron chi connectivity index (χ4n) is 2.72. The molecule has 0 aliphatic carbocycles. The van der Waals surface area contributed by atoms with E-state index >= 15 is 0 Å². The fraction of sp³-hybridized carbons (Fsp3) is 0.190. The van der Waals surface area contributed by atoms with Gasteiger partial charge >= 0.3 is 0 Å². The van der Waals surface area contributed by atoms with E-state index in [-0.39, 0.29) is 5.91 Å². The number of aromatic nitrogens is 2. The second kappa shape index (κ2) is 7.78. The zero-order valence-corrected chi connectivity index (χ0v) is 15.2. The summed E-state index contributed by atoms with van der Waals surface area (Å²) in [6.07, 6.45) is 3.10. The predicted octanol–water partition coefficient (Wildman–Crippen LogP) is 4.11. The van der Waals surface area contributed by atoms with E-state index in [1.807, 2.05) is 49.4 Å². The van der Waals surface area contributed by atoms with Gasteiger partial charge in [0.1, 0.15) is 11.5 Å². The molecule has 0 radical (unpaired) electrons. The van der Waals surface area contributed by atoms with Crippen LogP contribution in [0.1, 0.15) is 27.2 Å². The number of carbonyl (C=O) groups is 1. The van der Waals surface area contributed by atoms with E-state index in [9.17, 15) is 4.79 Å². The van der Waals surface area contributed by atoms with Crippen molar-refractivity contribution in [3.63, 3.8) is 0 Å². The smallest absolute Gasteiger partial charge is 0.274 e. The van der Waals surface area contributed by atoms with Crippen molar-refractivity contribution in [2.45, 2.75) is 20.4 Å². The summed E-state index contributed by atoms with van der Waals surface area (Å²) in [5.41, 5.74) is 4.72. The Hall–Kier alpha value is -3.21. The summed E-state index contributed by atoms with van der Waals surface area (Å²) in [7, 11) is 1.76. The van der Waals surface area contributed by atoms with Crippen LogP contribution in [0.3, 0.4) is 0 Å². The summed E-state index contributed by atoms with van der Waals surface area (Å²) < 4.78 is 0. The summed E-state index contributed by atoms with van der Waals surface area (Å²) in [6, 6.07) is 16.0. The maximum absolute atomic E-state index is 12.5. The minimum atomic E-state index is -0.153. The van der Waals surface area contributed by atoms with E-state index in [1.54, 1.807) is 18.1 Å². The highest BCUT2D eigenvalue weighted by molar-refractivity contribution is 5.91. The Morgan fingerprint density at radius 2 is 1.81 bits per heavy atom. The van der Waals surface area contributed by atoms with Crippen molar-refractivity contribution in [2.24, 2.45) is 0 Å². The first-order chi connectivity index (χ1) is 12.5. The summed E-state index contributed by atoms with van der Waals surface area (Å²) >= 11 is 0. The summed E-state index contributed by atoms with van der Waals surface area (Å²) in [5, 5.41) is 3.24. The Kier molecular flexibility index (Phi) is 5.27. The predicted molar refractivity (Wildman–Crippen MR) is 103 cm³/mol. The monoisotopic (exact) mass is 346 g/mol. The first kappa shape index (κ1) is 17.6. The molecule has 26 heavy (non-hydrogen) atoms. The van der Waals surface area contributed by atoms with Crippen LogP contribution >= 0.6 is 0 Å². The number of aryl methyl sites for hydroxylation is 2. The minimum absolute atomic E-state index is 0.153. The molecule has 2 aromatic carbocycles. The average Bonchev–Trinajstić information content (AvgIpc) is 2.65. The molecule has 0 aliphatic heterocycles.